The van der Waals surface area contributed by atoms with Gasteiger partial charge in [0.1, 0.15) is 21.5 Å². The van der Waals surface area contributed by atoms with Crippen molar-refractivity contribution in [1.82, 2.24) is 9.78 Å². The number of hydrogen-bond donors (Lipinski definition) is 1. The Morgan fingerprint density at radius 2 is 1.92 bits per heavy atom. The SMILES string of the molecule is CC(=O)Oc1ccc(-n2nc3ccc(O)cc3c2I)c(I)c1.CC=O. The Morgan fingerprint density at radius 1 is 1.24 bits per heavy atom. The summed E-state index contributed by atoms with van der Waals surface area (Å²) in [4.78, 5) is 19.8. The lowest BCUT2D eigenvalue weighted by Gasteiger charge is -2.08. The van der Waals surface area contributed by atoms with E-state index in [1.807, 2.05) is 10.7 Å². The van der Waals surface area contributed by atoms with Crippen LogP contribution >= 0.6 is 45.2 Å². The average molecular weight is 564 g/mol. The number of phenols is 1. The number of aromatic hydroxyl groups is 1. The molecule has 0 spiro atoms. The van der Waals surface area contributed by atoms with Crippen molar-refractivity contribution in [3.05, 3.63) is 43.7 Å². The summed E-state index contributed by atoms with van der Waals surface area (Å²) in [5, 5.41) is 15.1. The van der Waals surface area contributed by atoms with Crippen LogP contribution in [-0.2, 0) is 9.59 Å². The molecular formula is C17H14I2N2O4. The van der Waals surface area contributed by atoms with Crippen LogP contribution in [-0.4, -0.2) is 27.1 Å². The van der Waals surface area contributed by atoms with E-state index in [4.69, 9.17) is 9.53 Å². The second-order valence-corrected chi connectivity index (χ2v) is 7.03. The Morgan fingerprint density at radius 3 is 2.52 bits per heavy atom. The van der Waals surface area contributed by atoms with Crippen LogP contribution in [0.15, 0.2) is 36.4 Å². The first-order valence-electron chi connectivity index (χ1n) is 7.12. The Balaban J connectivity index is 0.000000701. The van der Waals surface area contributed by atoms with Crippen molar-refractivity contribution in [1.29, 1.82) is 0 Å². The van der Waals surface area contributed by atoms with Crippen LogP contribution in [0.3, 0.4) is 0 Å². The zero-order valence-electron chi connectivity index (χ0n) is 13.4. The fourth-order valence-electron chi connectivity index (χ4n) is 2.09. The van der Waals surface area contributed by atoms with E-state index in [9.17, 15) is 9.90 Å². The topological polar surface area (TPSA) is 81.4 Å². The lowest BCUT2D eigenvalue weighted by molar-refractivity contribution is -0.131. The van der Waals surface area contributed by atoms with Gasteiger partial charge in [0.15, 0.2) is 0 Å². The summed E-state index contributed by atoms with van der Waals surface area (Å²) in [6.45, 7) is 2.82. The van der Waals surface area contributed by atoms with Crippen molar-refractivity contribution in [2.45, 2.75) is 13.8 Å². The molecule has 0 bridgehead atoms. The van der Waals surface area contributed by atoms with Gasteiger partial charge in [-0.05, 0) is 88.5 Å². The molecule has 0 aliphatic carbocycles. The van der Waals surface area contributed by atoms with E-state index in [-0.39, 0.29) is 11.7 Å². The fraction of sp³-hybridized carbons (Fsp3) is 0.118. The molecule has 25 heavy (non-hydrogen) atoms. The van der Waals surface area contributed by atoms with Crippen LogP contribution < -0.4 is 4.74 Å². The highest BCUT2D eigenvalue weighted by molar-refractivity contribution is 14.1. The van der Waals surface area contributed by atoms with E-state index < -0.39 is 0 Å². The molecule has 0 amide bonds. The maximum absolute atomic E-state index is 11.0. The van der Waals surface area contributed by atoms with Gasteiger partial charge in [-0.15, -0.1) is 0 Å². The standard InChI is InChI=1S/C15H10I2N2O3.C2H4O/c1-8(20)22-10-3-5-14(12(16)7-10)19-15(17)11-6-9(21)2-4-13(11)18-19;1-2-3/h2-7,21H,1H3;2H,1H3. The second-order valence-electron chi connectivity index (χ2n) is 4.85. The van der Waals surface area contributed by atoms with Crippen LogP contribution in [0.1, 0.15) is 13.8 Å². The predicted octanol–water partition coefficient (Wildman–Crippen LogP) is 4.07. The van der Waals surface area contributed by atoms with Gasteiger partial charge >= 0.3 is 5.97 Å². The highest BCUT2D eigenvalue weighted by Gasteiger charge is 2.14. The van der Waals surface area contributed by atoms with Crippen LogP contribution in [0.2, 0.25) is 0 Å². The highest BCUT2D eigenvalue weighted by Crippen LogP contribution is 2.29. The normalized spacial score (nSPS) is 10.1. The lowest BCUT2D eigenvalue weighted by Crippen LogP contribution is -2.04. The van der Waals surface area contributed by atoms with Crippen LogP contribution in [0.5, 0.6) is 11.5 Å². The van der Waals surface area contributed by atoms with Crippen molar-refractivity contribution < 1.29 is 19.4 Å². The van der Waals surface area contributed by atoms with Gasteiger partial charge in [0.2, 0.25) is 0 Å². The third kappa shape index (κ3) is 4.69. The Bertz CT molecular complexity index is 938. The first-order chi connectivity index (χ1) is 11.9. The summed E-state index contributed by atoms with van der Waals surface area (Å²) in [5.74, 6) is 0.369. The first kappa shape index (κ1) is 19.6. The zero-order chi connectivity index (χ0) is 18.6. The molecule has 0 aliphatic rings. The molecule has 2 aromatic carbocycles. The second kappa shape index (κ2) is 8.61. The van der Waals surface area contributed by atoms with Gasteiger partial charge in [-0.3, -0.25) is 4.79 Å². The van der Waals surface area contributed by atoms with E-state index in [1.165, 1.54) is 13.8 Å². The summed E-state index contributed by atoms with van der Waals surface area (Å²) >= 11 is 4.38. The number of benzene rings is 2. The third-order valence-corrected chi connectivity index (χ3v) is 4.91. The Labute approximate surface area is 171 Å². The molecule has 0 aliphatic heterocycles. The van der Waals surface area contributed by atoms with Gasteiger partial charge in [-0.2, -0.15) is 5.10 Å². The molecule has 130 valence electrons. The predicted molar refractivity (Wildman–Crippen MR) is 111 cm³/mol. The van der Waals surface area contributed by atoms with Gasteiger partial charge in [0, 0.05) is 15.9 Å². The molecule has 0 atom stereocenters. The number of ether oxygens (including phenoxy) is 1. The quantitative estimate of drug-likeness (QED) is 0.220. The van der Waals surface area contributed by atoms with E-state index in [0.29, 0.717) is 5.75 Å². The number of aldehydes is 1. The number of rotatable bonds is 2. The number of carbonyl (C=O) groups is 2. The fourth-order valence-corrected chi connectivity index (χ4v) is 3.61. The molecule has 0 saturated carbocycles. The summed E-state index contributed by atoms with van der Waals surface area (Å²) in [6.07, 6.45) is 0.750. The van der Waals surface area contributed by atoms with Gasteiger partial charge in [-0.25, -0.2) is 4.68 Å². The van der Waals surface area contributed by atoms with Crippen molar-refractivity contribution in [3.8, 4) is 17.2 Å². The first-order valence-corrected chi connectivity index (χ1v) is 9.28. The lowest BCUT2D eigenvalue weighted by atomic mass is 10.2. The number of fused-ring (bicyclic) bond motifs is 1. The number of carbonyl (C=O) groups excluding carboxylic acids is 2. The number of hydrogen-bond acceptors (Lipinski definition) is 5. The van der Waals surface area contributed by atoms with E-state index >= 15 is 0 Å². The van der Waals surface area contributed by atoms with E-state index in [2.05, 4.69) is 50.3 Å². The third-order valence-electron chi connectivity index (χ3n) is 3.00. The van der Waals surface area contributed by atoms with Gasteiger partial charge in [0.25, 0.3) is 0 Å². The largest absolute Gasteiger partial charge is 0.508 e. The van der Waals surface area contributed by atoms with Crippen molar-refractivity contribution in [3.63, 3.8) is 0 Å². The minimum Gasteiger partial charge on any atom is -0.508 e. The molecule has 1 N–H and O–H groups in total. The van der Waals surface area contributed by atoms with Crippen LogP contribution in [0, 0.1) is 7.27 Å². The number of phenolic OH excluding ortho intramolecular Hbond substituents is 1. The minimum absolute atomic E-state index is 0.213. The van der Waals surface area contributed by atoms with Crippen molar-refractivity contribution in [2.75, 3.05) is 0 Å². The molecule has 8 heteroatoms. The summed E-state index contributed by atoms with van der Waals surface area (Å²) in [7, 11) is 0. The zero-order valence-corrected chi connectivity index (χ0v) is 17.7. The summed E-state index contributed by atoms with van der Waals surface area (Å²) in [5.41, 5.74) is 1.69. The molecular weight excluding hydrogens is 550 g/mol. The maximum atomic E-state index is 11.0. The molecule has 3 rings (SSSR count). The minimum atomic E-state index is -0.349. The molecule has 1 heterocycles. The number of aromatic nitrogens is 2. The maximum Gasteiger partial charge on any atom is 0.308 e. The smallest absolute Gasteiger partial charge is 0.308 e. The van der Waals surface area contributed by atoms with Gasteiger partial charge in [0.05, 0.1) is 11.2 Å². The summed E-state index contributed by atoms with van der Waals surface area (Å²) < 4.78 is 8.70. The Hall–Kier alpha value is -1.69. The van der Waals surface area contributed by atoms with Crippen LogP contribution in [0.4, 0.5) is 0 Å². The average Bonchev–Trinajstić information content (AvgIpc) is 2.84. The molecule has 0 unspecified atom stereocenters. The molecule has 3 aromatic rings. The van der Waals surface area contributed by atoms with Crippen molar-refractivity contribution >= 4 is 68.3 Å². The Kier molecular flexibility index (Phi) is 6.76. The van der Waals surface area contributed by atoms with Crippen molar-refractivity contribution in [2.24, 2.45) is 0 Å². The molecule has 0 radical (unpaired) electrons. The molecule has 1 aromatic heterocycles. The number of nitrogens with zero attached hydrogens (tertiary/aromatic N) is 2. The van der Waals surface area contributed by atoms with Gasteiger partial charge in [-0.1, -0.05) is 0 Å². The van der Waals surface area contributed by atoms with E-state index in [1.54, 1.807) is 30.3 Å². The molecule has 0 fully saturated rings. The number of esters is 1. The summed E-state index contributed by atoms with van der Waals surface area (Å²) in [6, 6.07) is 10.5. The molecule has 0 saturated heterocycles. The van der Waals surface area contributed by atoms with E-state index in [0.717, 1.165) is 30.1 Å². The monoisotopic (exact) mass is 564 g/mol. The highest BCUT2D eigenvalue weighted by atomic mass is 127. The number of halogens is 2. The van der Waals surface area contributed by atoms with Crippen LogP contribution in [0.25, 0.3) is 16.6 Å². The molecule has 6 nitrogen and oxygen atoms in total. The van der Waals surface area contributed by atoms with Gasteiger partial charge < -0.3 is 14.6 Å².